The molecule has 1 aliphatic rings. The summed E-state index contributed by atoms with van der Waals surface area (Å²) in [6.45, 7) is 0.630. The Morgan fingerprint density at radius 1 is 1.37 bits per heavy atom. The molecule has 0 aliphatic carbocycles. The van der Waals surface area contributed by atoms with Crippen molar-refractivity contribution in [3.8, 4) is 0 Å². The molecule has 2 atom stereocenters. The Bertz CT molecular complexity index is 519. The van der Waals surface area contributed by atoms with Gasteiger partial charge in [0.2, 0.25) is 5.79 Å². The number of nitrogens with zero attached hydrogens (tertiary/aromatic N) is 4. The van der Waals surface area contributed by atoms with E-state index in [1.807, 2.05) is 12.1 Å². The van der Waals surface area contributed by atoms with Crippen molar-refractivity contribution in [2.24, 2.45) is 0 Å². The third kappa shape index (κ3) is 2.35. The van der Waals surface area contributed by atoms with Crippen LogP contribution in [0.2, 0.25) is 0 Å². The molecule has 19 heavy (non-hydrogen) atoms. The number of rotatable bonds is 4. The highest BCUT2D eigenvalue weighted by Gasteiger charge is 2.43. The third-order valence-corrected chi connectivity index (χ3v) is 3.02. The summed E-state index contributed by atoms with van der Waals surface area (Å²) in [4.78, 5) is 7.90. The van der Waals surface area contributed by atoms with E-state index >= 15 is 0 Å². The first-order chi connectivity index (χ1) is 9.32. The van der Waals surface area contributed by atoms with Crippen LogP contribution in [0.15, 0.2) is 37.2 Å². The fourth-order valence-electron chi connectivity index (χ4n) is 2.11. The van der Waals surface area contributed by atoms with Gasteiger partial charge in [0.05, 0.1) is 13.2 Å². The molecule has 1 saturated heterocycles. The lowest BCUT2D eigenvalue weighted by Gasteiger charge is -2.28. The Labute approximate surface area is 109 Å². The van der Waals surface area contributed by atoms with E-state index < -0.39 is 5.79 Å². The van der Waals surface area contributed by atoms with E-state index in [0.29, 0.717) is 13.2 Å². The van der Waals surface area contributed by atoms with Gasteiger partial charge in [0.15, 0.2) is 0 Å². The Balaban J connectivity index is 1.92. The summed E-state index contributed by atoms with van der Waals surface area (Å²) in [7, 11) is 0. The van der Waals surface area contributed by atoms with Gasteiger partial charge in [-0.05, 0) is 12.1 Å². The van der Waals surface area contributed by atoms with Crippen molar-refractivity contribution >= 4 is 0 Å². The van der Waals surface area contributed by atoms with Gasteiger partial charge in [-0.3, -0.25) is 4.98 Å². The Hall–Kier alpha value is -1.83. The number of aliphatic hydroxyl groups is 1. The molecule has 7 heteroatoms. The first-order valence-corrected chi connectivity index (χ1v) is 5.98. The highest BCUT2D eigenvalue weighted by molar-refractivity contribution is 5.17. The molecular weight excluding hydrogens is 248 g/mol. The Morgan fingerprint density at radius 3 is 2.84 bits per heavy atom. The predicted molar refractivity (Wildman–Crippen MR) is 63.8 cm³/mol. The van der Waals surface area contributed by atoms with Gasteiger partial charge in [-0.2, -0.15) is 5.10 Å². The van der Waals surface area contributed by atoms with Crippen molar-refractivity contribution in [2.75, 3.05) is 13.2 Å². The first kappa shape index (κ1) is 12.2. The molecule has 0 amide bonds. The molecule has 1 N–H and O–H groups in total. The van der Waals surface area contributed by atoms with Crippen LogP contribution in [0.3, 0.4) is 0 Å². The summed E-state index contributed by atoms with van der Waals surface area (Å²) in [6, 6.07) is 3.66. The maximum absolute atomic E-state index is 9.22. The van der Waals surface area contributed by atoms with Crippen LogP contribution in [0, 0.1) is 0 Å². The molecule has 0 saturated carbocycles. The Morgan fingerprint density at radius 2 is 2.21 bits per heavy atom. The molecule has 100 valence electrons. The van der Waals surface area contributed by atoms with Crippen LogP contribution in [0.1, 0.15) is 5.56 Å². The molecule has 0 bridgehead atoms. The van der Waals surface area contributed by atoms with Gasteiger partial charge in [0.1, 0.15) is 25.3 Å². The Kier molecular flexibility index (Phi) is 3.24. The van der Waals surface area contributed by atoms with Crippen LogP contribution in [0.4, 0.5) is 0 Å². The van der Waals surface area contributed by atoms with E-state index in [9.17, 15) is 5.11 Å². The maximum atomic E-state index is 9.22. The zero-order chi connectivity index (χ0) is 13.1. The molecule has 1 aliphatic heterocycles. The van der Waals surface area contributed by atoms with Crippen LogP contribution >= 0.6 is 0 Å². The minimum absolute atomic E-state index is 0.0792. The molecular formula is C12H14N4O3. The summed E-state index contributed by atoms with van der Waals surface area (Å²) in [5.41, 5.74) is 0.842. The van der Waals surface area contributed by atoms with E-state index in [0.717, 1.165) is 5.56 Å². The minimum atomic E-state index is -0.954. The van der Waals surface area contributed by atoms with Crippen LogP contribution in [0.25, 0.3) is 0 Å². The topological polar surface area (TPSA) is 82.3 Å². The van der Waals surface area contributed by atoms with Crippen molar-refractivity contribution < 1.29 is 14.6 Å². The lowest BCUT2D eigenvalue weighted by atomic mass is 10.1. The highest BCUT2D eigenvalue weighted by Crippen LogP contribution is 2.35. The van der Waals surface area contributed by atoms with E-state index in [2.05, 4.69) is 15.1 Å². The first-order valence-electron chi connectivity index (χ1n) is 5.98. The second kappa shape index (κ2) is 5.04. The van der Waals surface area contributed by atoms with Gasteiger partial charge in [-0.25, -0.2) is 9.67 Å². The largest absolute Gasteiger partial charge is 0.394 e. The zero-order valence-electron chi connectivity index (χ0n) is 10.2. The van der Waals surface area contributed by atoms with Gasteiger partial charge in [-0.1, -0.05) is 0 Å². The van der Waals surface area contributed by atoms with Crippen molar-refractivity contribution in [3.05, 3.63) is 42.7 Å². The normalized spacial score (nSPS) is 26.7. The molecule has 7 nitrogen and oxygen atoms in total. The van der Waals surface area contributed by atoms with E-state index in [-0.39, 0.29) is 12.7 Å². The van der Waals surface area contributed by atoms with Crippen molar-refractivity contribution in [2.45, 2.75) is 18.4 Å². The van der Waals surface area contributed by atoms with Crippen molar-refractivity contribution in [3.63, 3.8) is 0 Å². The fraction of sp³-hybridized carbons (Fsp3) is 0.417. The predicted octanol–water partition coefficient (Wildman–Crippen LogP) is -0.0662. The minimum Gasteiger partial charge on any atom is -0.394 e. The summed E-state index contributed by atoms with van der Waals surface area (Å²) < 4.78 is 13.3. The number of aliphatic hydroxyl groups excluding tert-OH is 1. The molecule has 0 aromatic carbocycles. The second-order valence-electron chi connectivity index (χ2n) is 4.32. The van der Waals surface area contributed by atoms with E-state index in [1.165, 1.54) is 6.33 Å². The van der Waals surface area contributed by atoms with Gasteiger partial charge >= 0.3 is 0 Å². The average Bonchev–Trinajstić information content (AvgIpc) is 3.10. The zero-order valence-corrected chi connectivity index (χ0v) is 10.2. The number of aromatic nitrogens is 4. The SMILES string of the molecule is OCC1COC(Cn2cncn2)(c2ccncc2)O1. The molecule has 3 heterocycles. The molecule has 2 aromatic rings. The van der Waals surface area contributed by atoms with Crippen molar-refractivity contribution in [1.82, 2.24) is 19.7 Å². The number of hydrogen-bond acceptors (Lipinski definition) is 6. The standard InChI is InChI=1S/C12H14N4O3/c17-5-11-6-18-12(19-11,7-16-9-14-8-15-16)10-1-3-13-4-2-10/h1-4,8-9,11,17H,5-7H2. The van der Waals surface area contributed by atoms with Crippen LogP contribution in [-0.2, 0) is 21.8 Å². The summed E-state index contributed by atoms with van der Waals surface area (Å²) >= 11 is 0. The number of ether oxygens (including phenoxy) is 2. The van der Waals surface area contributed by atoms with Gasteiger partial charge in [0.25, 0.3) is 0 Å². The molecule has 2 aromatic heterocycles. The van der Waals surface area contributed by atoms with Crippen LogP contribution in [0.5, 0.6) is 0 Å². The molecule has 3 rings (SSSR count). The van der Waals surface area contributed by atoms with Gasteiger partial charge in [0, 0.05) is 18.0 Å². The molecule has 0 spiro atoms. The summed E-state index contributed by atoms with van der Waals surface area (Å²) in [5.74, 6) is -0.954. The highest BCUT2D eigenvalue weighted by atomic mass is 16.7. The molecule has 1 fully saturated rings. The number of pyridine rings is 1. The maximum Gasteiger partial charge on any atom is 0.215 e. The van der Waals surface area contributed by atoms with Gasteiger partial charge < -0.3 is 14.6 Å². The average molecular weight is 262 g/mol. The quantitative estimate of drug-likeness (QED) is 0.830. The van der Waals surface area contributed by atoms with Crippen LogP contribution in [-0.4, -0.2) is 44.2 Å². The smallest absolute Gasteiger partial charge is 0.215 e. The van der Waals surface area contributed by atoms with Gasteiger partial charge in [-0.15, -0.1) is 0 Å². The number of hydrogen-bond donors (Lipinski definition) is 1. The third-order valence-electron chi connectivity index (χ3n) is 3.02. The van der Waals surface area contributed by atoms with Crippen molar-refractivity contribution in [1.29, 1.82) is 0 Å². The fourth-order valence-corrected chi connectivity index (χ4v) is 2.11. The van der Waals surface area contributed by atoms with Crippen LogP contribution < -0.4 is 0 Å². The second-order valence-corrected chi connectivity index (χ2v) is 4.32. The monoisotopic (exact) mass is 262 g/mol. The molecule has 2 unspecified atom stereocenters. The van der Waals surface area contributed by atoms with E-state index in [4.69, 9.17) is 9.47 Å². The summed E-state index contributed by atoms with van der Waals surface area (Å²) in [6.07, 6.45) is 6.08. The summed E-state index contributed by atoms with van der Waals surface area (Å²) in [5, 5.41) is 13.3. The van der Waals surface area contributed by atoms with E-state index in [1.54, 1.807) is 23.4 Å². The lowest BCUT2D eigenvalue weighted by Crippen LogP contribution is -2.34. The lowest BCUT2D eigenvalue weighted by molar-refractivity contribution is -0.191. The molecule has 0 radical (unpaired) electrons.